The molecule has 4 aromatic carbocycles. The molecular weight excluding hydrogens is 472 g/mol. The number of carbonyl (C=O) groups is 1. The SMILES string of the molecule is N#Cc1c(NC(=O)/C=C/c2ccc(OCc3ccccc3)cc2)oc(-c2ccccc2)c1-c1ccccc1. The predicted molar refractivity (Wildman–Crippen MR) is 149 cm³/mol. The van der Waals surface area contributed by atoms with Gasteiger partial charge in [0, 0.05) is 17.2 Å². The van der Waals surface area contributed by atoms with Crippen molar-refractivity contribution in [2.45, 2.75) is 6.61 Å². The number of nitrogens with one attached hydrogen (secondary N) is 1. The van der Waals surface area contributed by atoms with Gasteiger partial charge in [-0.15, -0.1) is 0 Å². The van der Waals surface area contributed by atoms with Crippen molar-refractivity contribution in [1.82, 2.24) is 0 Å². The Morgan fingerprint density at radius 1 is 0.816 bits per heavy atom. The van der Waals surface area contributed by atoms with Crippen LogP contribution < -0.4 is 10.1 Å². The van der Waals surface area contributed by atoms with Crippen molar-refractivity contribution in [3.05, 3.63) is 138 Å². The van der Waals surface area contributed by atoms with Crippen molar-refractivity contribution in [3.63, 3.8) is 0 Å². The Hall–Kier alpha value is -5.34. The maximum Gasteiger partial charge on any atom is 0.250 e. The summed E-state index contributed by atoms with van der Waals surface area (Å²) in [5, 5.41) is 12.7. The Morgan fingerprint density at radius 3 is 2.05 bits per heavy atom. The zero-order chi connectivity index (χ0) is 26.2. The number of benzene rings is 4. The first-order valence-corrected chi connectivity index (χ1v) is 12.1. The number of nitriles is 1. The van der Waals surface area contributed by atoms with E-state index in [1.54, 1.807) is 6.08 Å². The molecule has 38 heavy (non-hydrogen) atoms. The Balaban J connectivity index is 1.32. The molecule has 5 rings (SSSR count). The fourth-order valence-corrected chi connectivity index (χ4v) is 4.04. The van der Waals surface area contributed by atoms with Crippen LogP contribution in [0.15, 0.2) is 126 Å². The first-order valence-electron chi connectivity index (χ1n) is 12.1. The van der Waals surface area contributed by atoms with E-state index < -0.39 is 5.91 Å². The molecule has 0 bridgehead atoms. The minimum absolute atomic E-state index is 0.115. The van der Waals surface area contributed by atoms with Gasteiger partial charge in [-0.1, -0.05) is 103 Å². The van der Waals surface area contributed by atoms with Crippen LogP contribution in [-0.4, -0.2) is 5.91 Å². The van der Waals surface area contributed by atoms with Crippen LogP contribution in [0.3, 0.4) is 0 Å². The van der Waals surface area contributed by atoms with Gasteiger partial charge in [0.05, 0.1) is 0 Å². The molecule has 5 aromatic rings. The lowest BCUT2D eigenvalue weighted by molar-refractivity contribution is -0.111. The van der Waals surface area contributed by atoms with Gasteiger partial charge in [0.1, 0.15) is 29.7 Å². The highest BCUT2D eigenvalue weighted by atomic mass is 16.5. The Bertz CT molecular complexity index is 1580. The molecule has 0 aliphatic rings. The molecule has 0 fully saturated rings. The lowest BCUT2D eigenvalue weighted by atomic mass is 9.98. The fraction of sp³-hybridized carbons (Fsp3) is 0.0303. The summed E-state index contributed by atoms with van der Waals surface area (Å²) in [6.07, 6.45) is 3.11. The third-order valence-electron chi connectivity index (χ3n) is 5.91. The zero-order valence-corrected chi connectivity index (χ0v) is 20.5. The second-order valence-electron chi connectivity index (χ2n) is 8.52. The Kier molecular flexibility index (Phi) is 7.43. The van der Waals surface area contributed by atoms with Crippen molar-refractivity contribution < 1.29 is 13.9 Å². The van der Waals surface area contributed by atoms with E-state index in [0.29, 0.717) is 17.9 Å². The van der Waals surface area contributed by atoms with Gasteiger partial charge in [-0.2, -0.15) is 5.26 Å². The third-order valence-corrected chi connectivity index (χ3v) is 5.91. The summed E-state index contributed by atoms with van der Waals surface area (Å²) in [6.45, 7) is 0.485. The number of furan rings is 1. The largest absolute Gasteiger partial charge is 0.489 e. The molecule has 1 aromatic heterocycles. The number of hydrogen-bond acceptors (Lipinski definition) is 4. The van der Waals surface area contributed by atoms with Gasteiger partial charge in [0.2, 0.25) is 5.88 Å². The van der Waals surface area contributed by atoms with Gasteiger partial charge < -0.3 is 9.15 Å². The second kappa shape index (κ2) is 11.6. The molecule has 1 amide bonds. The summed E-state index contributed by atoms with van der Waals surface area (Å²) in [4.78, 5) is 12.8. The number of hydrogen-bond donors (Lipinski definition) is 1. The van der Waals surface area contributed by atoms with Crippen molar-refractivity contribution in [2.24, 2.45) is 0 Å². The second-order valence-corrected chi connectivity index (χ2v) is 8.52. The van der Waals surface area contributed by atoms with Crippen molar-refractivity contribution in [1.29, 1.82) is 5.26 Å². The van der Waals surface area contributed by atoms with Crippen LogP contribution in [0.4, 0.5) is 5.88 Å². The van der Waals surface area contributed by atoms with Crippen molar-refractivity contribution in [3.8, 4) is 34.3 Å². The summed E-state index contributed by atoms with van der Waals surface area (Å²) in [7, 11) is 0. The molecule has 1 N–H and O–H groups in total. The smallest absolute Gasteiger partial charge is 0.250 e. The normalized spacial score (nSPS) is 10.7. The fourth-order valence-electron chi connectivity index (χ4n) is 4.04. The number of amides is 1. The number of rotatable bonds is 8. The topological polar surface area (TPSA) is 75.3 Å². The first-order chi connectivity index (χ1) is 18.7. The summed E-state index contributed by atoms with van der Waals surface area (Å²) in [5.41, 5.74) is 4.49. The average Bonchev–Trinajstić information content (AvgIpc) is 3.35. The quantitative estimate of drug-likeness (QED) is 0.223. The number of nitrogens with zero attached hydrogens (tertiary/aromatic N) is 1. The maximum atomic E-state index is 12.8. The van der Waals surface area contributed by atoms with Gasteiger partial charge >= 0.3 is 0 Å². The van der Waals surface area contributed by atoms with Gasteiger partial charge in [0.25, 0.3) is 5.91 Å². The Morgan fingerprint density at radius 2 is 1.42 bits per heavy atom. The van der Waals surface area contributed by atoms with E-state index >= 15 is 0 Å². The van der Waals surface area contributed by atoms with Crippen molar-refractivity contribution in [2.75, 3.05) is 5.32 Å². The summed E-state index contributed by atoms with van der Waals surface area (Å²) in [6, 6.07) is 38.7. The van der Waals surface area contributed by atoms with E-state index in [4.69, 9.17) is 9.15 Å². The molecule has 0 aliphatic heterocycles. The van der Waals surface area contributed by atoms with Gasteiger partial charge in [-0.25, -0.2) is 0 Å². The number of carbonyl (C=O) groups excluding carboxylic acids is 1. The van der Waals surface area contributed by atoms with E-state index in [-0.39, 0.29) is 11.4 Å². The summed E-state index contributed by atoms with van der Waals surface area (Å²) >= 11 is 0. The molecule has 0 saturated heterocycles. The molecule has 0 atom stereocenters. The molecule has 0 saturated carbocycles. The summed E-state index contributed by atoms with van der Waals surface area (Å²) in [5.74, 6) is 0.980. The van der Waals surface area contributed by atoms with E-state index in [2.05, 4.69) is 11.4 Å². The standard InChI is InChI=1S/C33H24N2O3/c34-22-29-31(26-12-6-2-7-13-26)32(27-14-8-3-9-15-27)38-33(29)35-30(36)21-18-24-16-19-28(20-17-24)37-23-25-10-4-1-5-11-25/h1-21H,23H2,(H,35,36)/b21-18+. The van der Waals surface area contributed by atoms with Crippen LogP contribution in [-0.2, 0) is 11.4 Å². The van der Waals surface area contributed by atoms with Crippen molar-refractivity contribution >= 4 is 17.9 Å². The minimum atomic E-state index is -0.404. The van der Waals surface area contributed by atoms with Gasteiger partial charge in [-0.3, -0.25) is 10.1 Å². The highest BCUT2D eigenvalue weighted by Gasteiger charge is 2.23. The molecule has 0 spiro atoms. The molecule has 0 radical (unpaired) electrons. The monoisotopic (exact) mass is 496 g/mol. The summed E-state index contributed by atoms with van der Waals surface area (Å²) < 4.78 is 11.9. The first kappa shape index (κ1) is 24.4. The van der Waals surface area contributed by atoms with E-state index in [0.717, 1.165) is 28.0 Å². The van der Waals surface area contributed by atoms with Crippen LogP contribution in [0, 0.1) is 11.3 Å². The lowest BCUT2D eigenvalue weighted by Crippen LogP contribution is -2.08. The van der Waals surface area contributed by atoms with Crippen LogP contribution >= 0.6 is 0 Å². The number of anilines is 1. The maximum absolute atomic E-state index is 12.8. The van der Waals surface area contributed by atoms with Crippen LogP contribution in [0.1, 0.15) is 16.7 Å². The third kappa shape index (κ3) is 5.72. The van der Waals surface area contributed by atoms with Crippen LogP contribution in [0.25, 0.3) is 28.5 Å². The molecule has 1 heterocycles. The minimum Gasteiger partial charge on any atom is -0.489 e. The average molecular weight is 497 g/mol. The van der Waals surface area contributed by atoms with Gasteiger partial charge in [0.15, 0.2) is 0 Å². The molecular formula is C33H24N2O3. The number of ether oxygens (including phenoxy) is 1. The van der Waals surface area contributed by atoms with Crippen LogP contribution in [0.5, 0.6) is 5.75 Å². The lowest BCUT2D eigenvalue weighted by Gasteiger charge is -2.06. The van der Waals surface area contributed by atoms with E-state index in [1.807, 2.05) is 115 Å². The molecule has 5 heteroatoms. The molecule has 0 unspecified atom stereocenters. The molecule has 0 aliphatic carbocycles. The molecule has 5 nitrogen and oxygen atoms in total. The molecule has 184 valence electrons. The van der Waals surface area contributed by atoms with Crippen LogP contribution in [0.2, 0.25) is 0 Å². The zero-order valence-electron chi connectivity index (χ0n) is 20.5. The van der Waals surface area contributed by atoms with E-state index in [9.17, 15) is 10.1 Å². The highest BCUT2D eigenvalue weighted by molar-refractivity contribution is 6.03. The van der Waals surface area contributed by atoms with E-state index in [1.165, 1.54) is 6.08 Å². The highest BCUT2D eigenvalue weighted by Crippen LogP contribution is 2.41. The van der Waals surface area contributed by atoms with Gasteiger partial charge in [-0.05, 0) is 34.9 Å². The Labute approximate surface area is 221 Å². The predicted octanol–water partition coefficient (Wildman–Crippen LogP) is 7.72.